The first-order valence-corrected chi connectivity index (χ1v) is 6.64. The average molecular weight is 265 g/mol. The molecule has 2 amide bonds. The number of hydrogen-bond donors (Lipinski definition) is 4. The van der Waals surface area contributed by atoms with Crippen LogP contribution in [0, 0.1) is 0 Å². The second kappa shape index (κ2) is 8.50. The molecule has 0 saturated carbocycles. The van der Waals surface area contributed by atoms with Gasteiger partial charge in [0.05, 0.1) is 0 Å². The van der Waals surface area contributed by atoms with Crippen molar-refractivity contribution in [1.82, 2.24) is 5.32 Å². The molecule has 1 atom stereocenters. The number of anilines is 1. The molecule has 0 aliphatic heterocycles. The summed E-state index contributed by atoms with van der Waals surface area (Å²) in [6.07, 6.45) is 2.97. The van der Waals surface area contributed by atoms with E-state index in [2.05, 4.69) is 17.6 Å². The highest BCUT2D eigenvalue weighted by molar-refractivity contribution is 5.87. The van der Waals surface area contributed by atoms with Gasteiger partial charge in [-0.3, -0.25) is 0 Å². The molecule has 19 heavy (non-hydrogen) atoms. The molecule has 1 aromatic rings. The molecule has 0 saturated heterocycles. The third kappa shape index (κ3) is 6.22. The zero-order valence-electron chi connectivity index (χ0n) is 11.4. The number of nitrogens with two attached hydrogens (primary N) is 1. The minimum atomic E-state index is -0.553. The van der Waals surface area contributed by atoms with Gasteiger partial charge in [0.25, 0.3) is 0 Å². The fraction of sp³-hybridized carbons (Fsp3) is 0.500. The summed E-state index contributed by atoms with van der Waals surface area (Å²) in [6, 6.07) is 7.32. The van der Waals surface area contributed by atoms with Crippen LogP contribution < -0.4 is 16.4 Å². The van der Waals surface area contributed by atoms with Gasteiger partial charge in [0.15, 0.2) is 0 Å². The number of rotatable bonds is 8. The summed E-state index contributed by atoms with van der Waals surface area (Å²) in [5, 5.41) is 14.6. The van der Waals surface area contributed by atoms with Gasteiger partial charge in [-0.2, -0.15) is 0 Å². The van der Waals surface area contributed by atoms with Gasteiger partial charge in [0, 0.05) is 18.3 Å². The van der Waals surface area contributed by atoms with Crippen molar-refractivity contribution >= 4 is 11.7 Å². The number of aliphatic hydroxyl groups excluding tert-OH is 1. The van der Waals surface area contributed by atoms with Crippen LogP contribution >= 0.6 is 0 Å². The molecule has 0 heterocycles. The summed E-state index contributed by atoms with van der Waals surface area (Å²) in [6.45, 7) is 3.30. The second-order valence-corrected chi connectivity index (χ2v) is 4.57. The van der Waals surface area contributed by atoms with Gasteiger partial charge in [0.2, 0.25) is 0 Å². The Morgan fingerprint density at radius 1 is 1.26 bits per heavy atom. The van der Waals surface area contributed by atoms with Gasteiger partial charge in [-0.15, -0.1) is 0 Å². The highest BCUT2D eigenvalue weighted by Gasteiger charge is 2.04. The Morgan fingerprint density at radius 2 is 1.95 bits per heavy atom. The molecule has 5 N–H and O–H groups in total. The molecule has 106 valence electrons. The summed E-state index contributed by atoms with van der Waals surface area (Å²) in [4.78, 5) is 10.7. The third-order valence-electron chi connectivity index (χ3n) is 2.96. The Balaban J connectivity index is 2.35. The quantitative estimate of drug-likeness (QED) is 0.542. The molecule has 0 fully saturated rings. The van der Waals surface area contributed by atoms with Crippen molar-refractivity contribution in [3.8, 4) is 0 Å². The Hall–Kier alpha value is -1.59. The van der Waals surface area contributed by atoms with E-state index >= 15 is 0 Å². The number of benzene rings is 1. The lowest BCUT2D eigenvalue weighted by Gasteiger charge is -2.14. The van der Waals surface area contributed by atoms with Crippen molar-refractivity contribution < 1.29 is 9.90 Å². The van der Waals surface area contributed by atoms with Crippen molar-refractivity contribution in [3.63, 3.8) is 0 Å². The number of aliphatic hydroxyl groups is 1. The number of amides is 2. The first kappa shape index (κ1) is 15.5. The number of unbranched alkanes of at least 4 members (excludes halogenated alkanes) is 2. The third-order valence-corrected chi connectivity index (χ3v) is 2.96. The first-order chi connectivity index (χ1) is 9.13. The lowest BCUT2D eigenvalue weighted by molar-refractivity contribution is 0.259. The summed E-state index contributed by atoms with van der Waals surface area (Å²) < 4.78 is 0. The van der Waals surface area contributed by atoms with Crippen molar-refractivity contribution in [3.05, 3.63) is 29.8 Å². The van der Waals surface area contributed by atoms with Gasteiger partial charge in [-0.25, -0.2) is 4.79 Å². The summed E-state index contributed by atoms with van der Waals surface area (Å²) >= 11 is 0. The van der Waals surface area contributed by atoms with Gasteiger partial charge in [-0.1, -0.05) is 12.1 Å². The van der Waals surface area contributed by atoms with Crippen LogP contribution in [0.5, 0.6) is 0 Å². The normalized spacial score (nSPS) is 12.1. The van der Waals surface area contributed by atoms with E-state index in [-0.39, 0.29) is 12.6 Å². The van der Waals surface area contributed by atoms with Crippen LogP contribution in [0.1, 0.15) is 37.8 Å². The highest BCUT2D eigenvalue weighted by Crippen LogP contribution is 2.16. The number of hydrogen-bond acceptors (Lipinski definition) is 3. The fourth-order valence-electron chi connectivity index (χ4n) is 1.85. The maximum Gasteiger partial charge on any atom is 0.316 e. The van der Waals surface area contributed by atoms with Crippen LogP contribution in [0.2, 0.25) is 0 Å². The van der Waals surface area contributed by atoms with E-state index in [1.165, 1.54) is 0 Å². The molecule has 0 aromatic heterocycles. The maximum atomic E-state index is 10.7. The molecule has 0 aliphatic rings. The van der Waals surface area contributed by atoms with E-state index in [9.17, 15) is 4.79 Å². The van der Waals surface area contributed by atoms with Crippen LogP contribution in [0.3, 0.4) is 0 Å². The molecule has 1 unspecified atom stereocenters. The van der Waals surface area contributed by atoms with Gasteiger partial charge >= 0.3 is 6.03 Å². The number of carbonyl (C=O) groups is 1. The predicted molar refractivity (Wildman–Crippen MR) is 77.0 cm³/mol. The van der Waals surface area contributed by atoms with Gasteiger partial charge < -0.3 is 21.5 Å². The standard InChI is InChI=1S/C14H23N3O2/c1-11(16-9-3-2-4-10-18)12-5-7-13(8-6-12)17-14(15)19/h5-8,11,16,18H,2-4,9-10H2,1H3,(H3,15,17,19). The molecular formula is C14H23N3O2. The van der Waals surface area contributed by atoms with E-state index in [1.807, 2.05) is 24.3 Å². The van der Waals surface area contributed by atoms with E-state index in [0.29, 0.717) is 5.69 Å². The number of urea groups is 1. The van der Waals surface area contributed by atoms with Crippen LogP contribution in [-0.4, -0.2) is 24.3 Å². The lowest BCUT2D eigenvalue weighted by atomic mass is 10.1. The number of primary amides is 1. The summed E-state index contributed by atoms with van der Waals surface area (Å²) in [7, 11) is 0. The Morgan fingerprint density at radius 3 is 2.53 bits per heavy atom. The number of carbonyl (C=O) groups excluding carboxylic acids is 1. The molecule has 1 rings (SSSR count). The zero-order valence-corrected chi connectivity index (χ0v) is 11.4. The minimum absolute atomic E-state index is 0.261. The highest BCUT2D eigenvalue weighted by atomic mass is 16.2. The van der Waals surface area contributed by atoms with Gasteiger partial charge in [-0.05, 0) is 50.4 Å². The molecule has 0 bridgehead atoms. The zero-order chi connectivity index (χ0) is 14.1. The Labute approximate surface area is 114 Å². The topological polar surface area (TPSA) is 87.4 Å². The van der Waals surface area contributed by atoms with Crippen LogP contribution in [-0.2, 0) is 0 Å². The van der Waals surface area contributed by atoms with E-state index in [4.69, 9.17) is 10.8 Å². The maximum absolute atomic E-state index is 10.7. The van der Waals surface area contributed by atoms with E-state index in [0.717, 1.165) is 31.4 Å². The molecule has 5 heteroatoms. The first-order valence-electron chi connectivity index (χ1n) is 6.64. The molecule has 0 spiro atoms. The Bertz CT molecular complexity index is 379. The largest absolute Gasteiger partial charge is 0.396 e. The Kier molecular flexibility index (Phi) is 6.92. The van der Waals surface area contributed by atoms with Crippen molar-refractivity contribution in [2.24, 2.45) is 5.73 Å². The summed E-state index contributed by atoms with van der Waals surface area (Å²) in [5.41, 5.74) is 6.91. The fourth-order valence-corrected chi connectivity index (χ4v) is 1.85. The van der Waals surface area contributed by atoms with Crippen LogP contribution in [0.4, 0.5) is 10.5 Å². The van der Waals surface area contributed by atoms with Crippen LogP contribution in [0.15, 0.2) is 24.3 Å². The van der Waals surface area contributed by atoms with Crippen molar-refractivity contribution in [1.29, 1.82) is 0 Å². The van der Waals surface area contributed by atoms with E-state index < -0.39 is 6.03 Å². The van der Waals surface area contributed by atoms with Crippen molar-refractivity contribution in [2.45, 2.75) is 32.2 Å². The monoisotopic (exact) mass is 265 g/mol. The average Bonchev–Trinajstić information content (AvgIpc) is 2.38. The SMILES string of the molecule is CC(NCCCCCO)c1ccc(NC(N)=O)cc1. The minimum Gasteiger partial charge on any atom is -0.396 e. The number of nitrogens with one attached hydrogen (secondary N) is 2. The molecule has 0 radical (unpaired) electrons. The second-order valence-electron chi connectivity index (χ2n) is 4.57. The molecular weight excluding hydrogens is 242 g/mol. The van der Waals surface area contributed by atoms with Crippen molar-refractivity contribution in [2.75, 3.05) is 18.5 Å². The lowest BCUT2D eigenvalue weighted by Crippen LogP contribution is -2.20. The summed E-state index contributed by atoms with van der Waals surface area (Å²) in [5.74, 6) is 0. The molecule has 5 nitrogen and oxygen atoms in total. The van der Waals surface area contributed by atoms with Crippen LogP contribution in [0.25, 0.3) is 0 Å². The van der Waals surface area contributed by atoms with Gasteiger partial charge in [0.1, 0.15) is 0 Å². The smallest absolute Gasteiger partial charge is 0.316 e. The van der Waals surface area contributed by atoms with E-state index in [1.54, 1.807) is 0 Å². The predicted octanol–water partition coefficient (Wildman–Crippen LogP) is 1.99. The molecule has 0 aliphatic carbocycles. The molecule has 1 aromatic carbocycles.